The number of hydrogen-bond donors (Lipinski definition) is 1. The second kappa shape index (κ2) is 10.5. The van der Waals surface area contributed by atoms with Crippen molar-refractivity contribution < 1.29 is 18.9 Å². The molecule has 0 amide bonds. The lowest BCUT2D eigenvalue weighted by molar-refractivity contribution is 0.0719. The van der Waals surface area contributed by atoms with E-state index in [2.05, 4.69) is 5.32 Å². The van der Waals surface area contributed by atoms with E-state index in [0.717, 1.165) is 30.2 Å². The summed E-state index contributed by atoms with van der Waals surface area (Å²) >= 11 is 0. The summed E-state index contributed by atoms with van der Waals surface area (Å²) in [5.41, 5.74) is 1.08. The Morgan fingerprint density at radius 1 is 1.10 bits per heavy atom. The molecule has 20 heavy (non-hydrogen) atoms. The van der Waals surface area contributed by atoms with Gasteiger partial charge in [-0.05, 0) is 13.0 Å². The molecule has 0 saturated carbocycles. The average molecular weight is 283 g/mol. The number of benzene rings is 1. The highest BCUT2D eigenvalue weighted by atomic mass is 16.5. The van der Waals surface area contributed by atoms with Crippen LogP contribution in [0.25, 0.3) is 0 Å². The van der Waals surface area contributed by atoms with Crippen LogP contribution in [-0.4, -0.2) is 47.2 Å². The van der Waals surface area contributed by atoms with Gasteiger partial charge in [0, 0.05) is 25.8 Å². The minimum absolute atomic E-state index is 0.626. The predicted octanol–water partition coefficient (Wildman–Crippen LogP) is 1.85. The first-order valence-electron chi connectivity index (χ1n) is 6.89. The van der Waals surface area contributed by atoms with Crippen molar-refractivity contribution in [1.29, 1.82) is 0 Å². The number of para-hydroxylation sites is 1. The number of hydrogen-bond acceptors (Lipinski definition) is 5. The largest absolute Gasteiger partial charge is 0.493 e. The van der Waals surface area contributed by atoms with Crippen LogP contribution in [0.5, 0.6) is 11.5 Å². The molecule has 0 atom stereocenters. The summed E-state index contributed by atoms with van der Waals surface area (Å²) in [5, 5.41) is 3.32. The van der Waals surface area contributed by atoms with E-state index in [1.807, 2.05) is 25.1 Å². The van der Waals surface area contributed by atoms with Gasteiger partial charge in [-0.1, -0.05) is 12.1 Å². The molecule has 1 N–H and O–H groups in total. The van der Waals surface area contributed by atoms with Gasteiger partial charge in [0.15, 0.2) is 11.5 Å². The first-order chi connectivity index (χ1) is 9.83. The van der Waals surface area contributed by atoms with Crippen molar-refractivity contribution in [2.45, 2.75) is 13.5 Å². The van der Waals surface area contributed by atoms with Crippen LogP contribution in [0.3, 0.4) is 0 Å². The monoisotopic (exact) mass is 283 g/mol. The molecule has 0 aliphatic heterocycles. The Morgan fingerprint density at radius 2 is 1.95 bits per heavy atom. The van der Waals surface area contributed by atoms with Gasteiger partial charge in [-0.15, -0.1) is 0 Å². The van der Waals surface area contributed by atoms with Crippen LogP contribution < -0.4 is 14.8 Å². The summed E-state index contributed by atoms with van der Waals surface area (Å²) in [4.78, 5) is 0. The molecule has 0 heterocycles. The van der Waals surface area contributed by atoms with Crippen LogP contribution in [0.1, 0.15) is 12.5 Å². The summed E-state index contributed by atoms with van der Waals surface area (Å²) in [6.45, 7) is 6.01. The van der Waals surface area contributed by atoms with Gasteiger partial charge in [0.25, 0.3) is 0 Å². The smallest absolute Gasteiger partial charge is 0.165 e. The van der Waals surface area contributed by atoms with Gasteiger partial charge in [-0.3, -0.25) is 0 Å². The van der Waals surface area contributed by atoms with Crippen LogP contribution in [0.2, 0.25) is 0 Å². The highest BCUT2D eigenvalue weighted by molar-refractivity contribution is 5.46. The van der Waals surface area contributed by atoms with E-state index in [9.17, 15) is 0 Å². The molecule has 1 aromatic carbocycles. The van der Waals surface area contributed by atoms with E-state index in [1.54, 1.807) is 14.2 Å². The lowest BCUT2D eigenvalue weighted by Gasteiger charge is -2.14. The van der Waals surface area contributed by atoms with Crippen molar-refractivity contribution in [1.82, 2.24) is 5.32 Å². The zero-order valence-corrected chi connectivity index (χ0v) is 12.6. The number of methoxy groups -OCH3 is 2. The second-order valence-corrected chi connectivity index (χ2v) is 4.16. The Morgan fingerprint density at radius 3 is 2.65 bits per heavy atom. The summed E-state index contributed by atoms with van der Waals surface area (Å²) in [7, 11) is 3.33. The number of ether oxygens (including phenoxy) is 4. The van der Waals surface area contributed by atoms with Crippen LogP contribution in [0.15, 0.2) is 18.2 Å². The van der Waals surface area contributed by atoms with Crippen molar-refractivity contribution in [3.63, 3.8) is 0 Å². The molecular weight excluding hydrogens is 258 g/mol. The second-order valence-electron chi connectivity index (χ2n) is 4.16. The molecular formula is C15H25NO4. The molecule has 1 aromatic rings. The van der Waals surface area contributed by atoms with E-state index in [-0.39, 0.29) is 0 Å². The number of nitrogens with one attached hydrogen (secondary N) is 1. The van der Waals surface area contributed by atoms with Crippen LogP contribution in [0.4, 0.5) is 0 Å². The first kappa shape index (κ1) is 16.8. The van der Waals surface area contributed by atoms with Gasteiger partial charge in [0.2, 0.25) is 0 Å². The highest BCUT2D eigenvalue weighted by Crippen LogP contribution is 2.30. The fourth-order valence-electron chi connectivity index (χ4n) is 1.81. The average Bonchev–Trinajstić information content (AvgIpc) is 2.47. The summed E-state index contributed by atoms with van der Waals surface area (Å²) in [6.07, 6.45) is 0. The fraction of sp³-hybridized carbons (Fsp3) is 0.600. The van der Waals surface area contributed by atoms with Crippen LogP contribution >= 0.6 is 0 Å². The molecule has 5 nitrogen and oxygen atoms in total. The molecule has 0 spiro atoms. The first-order valence-corrected chi connectivity index (χ1v) is 6.89. The van der Waals surface area contributed by atoms with Gasteiger partial charge >= 0.3 is 0 Å². The van der Waals surface area contributed by atoms with E-state index in [0.29, 0.717) is 26.4 Å². The topological polar surface area (TPSA) is 49.0 Å². The minimum Gasteiger partial charge on any atom is -0.493 e. The Hall–Kier alpha value is -1.30. The quantitative estimate of drug-likeness (QED) is 0.628. The van der Waals surface area contributed by atoms with Crippen molar-refractivity contribution in [3.05, 3.63) is 23.8 Å². The van der Waals surface area contributed by atoms with E-state index >= 15 is 0 Å². The summed E-state index contributed by atoms with van der Waals surface area (Å²) in [6, 6.07) is 5.92. The molecule has 0 saturated heterocycles. The van der Waals surface area contributed by atoms with Crippen molar-refractivity contribution >= 4 is 0 Å². The maximum Gasteiger partial charge on any atom is 0.165 e. The zero-order valence-electron chi connectivity index (χ0n) is 12.6. The van der Waals surface area contributed by atoms with Gasteiger partial charge in [0.1, 0.15) is 0 Å². The van der Waals surface area contributed by atoms with E-state index in [4.69, 9.17) is 18.9 Å². The summed E-state index contributed by atoms with van der Waals surface area (Å²) < 4.78 is 21.3. The minimum atomic E-state index is 0.626. The van der Waals surface area contributed by atoms with Gasteiger partial charge < -0.3 is 24.3 Å². The molecule has 0 bridgehead atoms. The third kappa shape index (κ3) is 5.77. The van der Waals surface area contributed by atoms with E-state index in [1.165, 1.54) is 0 Å². The molecule has 0 unspecified atom stereocenters. The maximum absolute atomic E-state index is 5.55. The Kier molecular flexibility index (Phi) is 8.78. The summed E-state index contributed by atoms with van der Waals surface area (Å²) in [5.74, 6) is 1.58. The molecule has 0 aliphatic rings. The zero-order chi connectivity index (χ0) is 14.6. The Labute approximate surface area is 121 Å². The fourth-order valence-corrected chi connectivity index (χ4v) is 1.81. The van der Waals surface area contributed by atoms with Crippen molar-refractivity contribution in [3.8, 4) is 11.5 Å². The van der Waals surface area contributed by atoms with Crippen molar-refractivity contribution in [2.75, 3.05) is 47.2 Å². The maximum atomic E-state index is 5.55. The third-order valence-electron chi connectivity index (χ3n) is 2.73. The Bertz CT molecular complexity index is 371. The van der Waals surface area contributed by atoms with Crippen molar-refractivity contribution in [2.24, 2.45) is 0 Å². The van der Waals surface area contributed by atoms with Crippen LogP contribution in [0, 0.1) is 0 Å². The molecule has 5 heteroatoms. The van der Waals surface area contributed by atoms with E-state index < -0.39 is 0 Å². The Balaban J connectivity index is 2.37. The molecule has 0 aliphatic carbocycles. The highest BCUT2D eigenvalue weighted by Gasteiger charge is 2.09. The van der Waals surface area contributed by atoms with Gasteiger partial charge in [-0.2, -0.15) is 0 Å². The standard InChI is InChI=1S/C15H25NO4/c1-4-20-14-7-5-6-13(15(14)18-3)12-16-8-9-19-11-10-17-2/h5-7,16H,4,8-12H2,1-3H3. The molecule has 0 fully saturated rings. The van der Waals surface area contributed by atoms with Crippen LogP contribution in [-0.2, 0) is 16.0 Å². The van der Waals surface area contributed by atoms with Gasteiger partial charge in [0.05, 0.1) is 33.5 Å². The van der Waals surface area contributed by atoms with Gasteiger partial charge in [-0.25, -0.2) is 0 Å². The molecule has 114 valence electrons. The molecule has 0 aromatic heterocycles. The normalized spacial score (nSPS) is 10.6. The molecule has 1 rings (SSSR count). The lowest BCUT2D eigenvalue weighted by atomic mass is 10.2. The third-order valence-corrected chi connectivity index (χ3v) is 2.73. The SMILES string of the molecule is CCOc1cccc(CNCCOCCOC)c1OC. The lowest BCUT2D eigenvalue weighted by Crippen LogP contribution is -2.20. The predicted molar refractivity (Wildman–Crippen MR) is 78.6 cm³/mol. The number of rotatable bonds is 11. The molecule has 0 radical (unpaired) electrons.